The van der Waals surface area contributed by atoms with Crippen molar-refractivity contribution in [2.24, 2.45) is 11.7 Å². The van der Waals surface area contributed by atoms with E-state index in [2.05, 4.69) is 0 Å². The first kappa shape index (κ1) is 12.2. The molecule has 2 heterocycles. The van der Waals surface area contributed by atoms with Crippen LogP contribution in [0.3, 0.4) is 0 Å². The number of hydrogen-bond donors (Lipinski definition) is 2. The topological polar surface area (TPSA) is 72.6 Å². The van der Waals surface area contributed by atoms with E-state index in [1.807, 2.05) is 11.8 Å². The summed E-state index contributed by atoms with van der Waals surface area (Å²) in [6, 6.07) is -0.727. The molecule has 1 spiro atoms. The van der Waals surface area contributed by atoms with Gasteiger partial charge in [-0.15, -0.1) is 0 Å². The average molecular weight is 245 g/mol. The molecule has 2 atom stereocenters. The molecule has 2 aliphatic rings. The molecule has 92 valence electrons. The SMILES string of the molecule is N[C@@H](C(=O)O)C1CCOC2(CCSCC2)C1. The lowest BCUT2D eigenvalue weighted by atomic mass is 9.79. The second-order valence-electron chi connectivity index (χ2n) is 4.76. The molecule has 2 aliphatic heterocycles. The maximum absolute atomic E-state index is 10.9. The van der Waals surface area contributed by atoms with Crippen molar-refractivity contribution in [3.8, 4) is 0 Å². The van der Waals surface area contributed by atoms with Gasteiger partial charge in [0, 0.05) is 6.61 Å². The third-order valence-electron chi connectivity index (χ3n) is 3.73. The Bertz CT molecular complexity index is 260. The van der Waals surface area contributed by atoms with E-state index in [9.17, 15) is 4.79 Å². The summed E-state index contributed by atoms with van der Waals surface area (Å²) in [4.78, 5) is 10.9. The Morgan fingerprint density at radius 2 is 2.19 bits per heavy atom. The Morgan fingerprint density at radius 3 is 2.81 bits per heavy atom. The number of thioether (sulfide) groups is 1. The van der Waals surface area contributed by atoms with Crippen molar-refractivity contribution in [1.82, 2.24) is 0 Å². The number of carboxylic acids is 1. The van der Waals surface area contributed by atoms with Crippen LogP contribution in [0.4, 0.5) is 0 Å². The number of ether oxygens (including phenoxy) is 1. The Balaban J connectivity index is 2.00. The highest BCUT2D eigenvalue weighted by atomic mass is 32.2. The molecule has 5 heteroatoms. The van der Waals surface area contributed by atoms with Gasteiger partial charge in [-0.2, -0.15) is 11.8 Å². The molecule has 2 saturated heterocycles. The van der Waals surface area contributed by atoms with Crippen LogP contribution in [0, 0.1) is 5.92 Å². The maximum atomic E-state index is 10.9. The minimum Gasteiger partial charge on any atom is -0.480 e. The zero-order chi connectivity index (χ0) is 11.6. The molecular weight excluding hydrogens is 226 g/mol. The van der Waals surface area contributed by atoms with Crippen molar-refractivity contribution in [2.75, 3.05) is 18.1 Å². The zero-order valence-corrected chi connectivity index (χ0v) is 10.2. The van der Waals surface area contributed by atoms with E-state index < -0.39 is 12.0 Å². The summed E-state index contributed by atoms with van der Waals surface area (Å²) >= 11 is 1.95. The molecule has 0 saturated carbocycles. The normalized spacial score (nSPS) is 31.2. The molecule has 0 aromatic heterocycles. The van der Waals surface area contributed by atoms with Crippen LogP contribution in [0.5, 0.6) is 0 Å². The first-order valence-corrected chi connectivity index (χ1v) is 6.99. The largest absolute Gasteiger partial charge is 0.480 e. The Kier molecular flexibility index (Phi) is 3.77. The van der Waals surface area contributed by atoms with E-state index in [4.69, 9.17) is 15.6 Å². The van der Waals surface area contributed by atoms with Gasteiger partial charge < -0.3 is 15.6 Å². The first-order valence-electron chi connectivity index (χ1n) is 5.83. The number of rotatable bonds is 2. The van der Waals surface area contributed by atoms with Gasteiger partial charge in [0.15, 0.2) is 0 Å². The van der Waals surface area contributed by atoms with Crippen molar-refractivity contribution < 1.29 is 14.6 Å². The van der Waals surface area contributed by atoms with E-state index in [1.54, 1.807) is 0 Å². The molecule has 2 fully saturated rings. The lowest BCUT2D eigenvalue weighted by molar-refractivity contribution is -0.145. The van der Waals surface area contributed by atoms with Gasteiger partial charge >= 0.3 is 5.97 Å². The smallest absolute Gasteiger partial charge is 0.320 e. The third-order valence-corrected chi connectivity index (χ3v) is 4.71. The molecule has 2 rings (SSSR count). The summed E-state index contributed by atoms with van der Waals surface area (Å²) in [6.45, 7) is 0.663. The maximum Gasteiger partial charge on any atom is 0.320 e. The standard InChI is InChI=1S/C11H19NO3S/c12-9(10(13)14)8-1-4-15-11(7-8)2-5-16-6-3-11/h8-9H,1-7,12H2,(H,13,14)/t8?,9-/m1/s1. The highest BCUT2D eigenvalue weighted by molar-refractivity contribution is 7.99. The molecular formula is C11H19NO3S. The molecule has 0 amide bonds. The van der Waals surface area contributed by atoms with Crippen LogP contribution < -0.4 is 5.73 Å². The van der Waals surface area contributed by atoms with Gasteiger partial charge in [-0.1, -0.05) is 0 Å². The summed E-state index contributed by atoms with van der Waals surface area (Å²) < 4.78 is 5.90. The van der Waals surface area contributed by atoms with E-state index in [0.717, 1.165) is 37.2 Å². The van der Waals surface area contributed by atoms with E-state index in [-0.39, 0.29) is 11.5 Å². The summed E-state index contributed by atoms with van der Waals surface area (Å²) in [5, 5.41) is 8.95. The number of hydrogen-bond acceptors (Lipinski definition) is 4. The van der Waals surface area contributed by atoms with Crippen molar-refractivity contribution in [3.05, 3.63) is 0 Å². The van der Waals surface area contributed by atoms with Crippen LogP contribution in [-0.4, -0.2) is 40.8 Å². The fourth-order valence-electron chi connectivity index (χ4n) is 2.67. The monoisotopic (exact) mass is 245 g/mol. The van der Waals surface area contributed by atoms with Crippen molar-refractivity contribution in [2.45, 2.75) is 37.3 Å². The van der Waals surface area contributed by atoms with E-state index in [0.29, 0.717) is 6.61 Å². The minimum absolute atomic E-state index is 0.0682. The van der Waals surface area contributed by atoms with Crippen molar-refractivity contribution >= 4 is 17.7 Å². The second kappa shape index (κ2) is 4.94. The highest BCUT2D eigenvalue weighted by Crippen LogP contribution is 2.40. The summed E-state index contributed by atoms with van der Waals surface area (Å²) in [6.07, 6.45) is 3.68. The second-order valence-corrected chi connectivity index (χ2v) is 5.99. The van der Waals surface area contributed by atoms with Crippen molar-refractivity contribution in [1.29, 1.82) is 0 Å². The van der Waals surface area contributed by atoms with Crippen LogP contribution >= 0.6 is 11.8 Å². The van der Waals surface area contributed by atoms with Gasteiger partial charge in [0.2, 0.25) is 0 Å². The van der Waals surface area contributed by atoms with Gasteiger partial charge in [-0.05, 0) is 43.1 Å². The molecule has 0 aliphatic carbocycles. The molecule has 0 aromatic carbocycles. The molecule has 4 nitrogen and oxygen atoms in total. The van der Waals surface area contributed by atoms with Crippen LogP contribution in [0.1, 0.15) is 25.7 Å². The van der Waals surface area contributed by atoms with Crippen LogP contribution in [0.15, 0.2) is 0 Å². The van der Waals surface area contributed by atoms with Gasteiger partial charge in [-0.25, -0.2) is 0 Å². The number of nitrogens with two attached hydrogens (primary N) is 1. The molecule has 0 aromatic rings. The first-order chi connectivity index (χ1) is 7.63. The fraction of sp³-hybridized carbons (Fsp3) is 0.909. The highest BCUT2D eigenvalue weighted by Gasteiger charge is 2.41. The summed E-state index contributed by atoms with van der Waals surface area (Å²) in [5.41, 5.74) is 5.65. The molecule has 3 N–H and O–H groups in total. The van der Waals surface area contributed by atoms with Gasteiger partial charge in [0.25, 0.3) is 0 Å². The predicted octanol–water partition coefficient (Wildman–Crippen LogP) is 1.09. The average Bonchev–Trinajstić information content (AvgIpc) is 2.29. The predicted molar refractivity (Wildman–Crippen MR) is 63.6 cm³/mol. The molecule has 0 bridgehead atoms. The summed E-state index contributed by atoms with van der Waals surface area (Å²) in [7, 11) is 0. The minimum atomic E-state index is -0.882. The molecule has 16 heavy (non-hydrogen) atoms. The van der Waals surface area contributed by atoms with Crippen LogP contribution in [0.25, 0.3) is 0 Å². The summed E-state index contributed by atoms with van der Waals surface area (Å²) in [5.74, 6) is 1.44. The van der Waals surface area contributed by atoms with Gasteiger partial charge in [-0.3, -0.25) is 4.79 Å². The Morgan fingerprint density at radius 1 is 1.50 bits per heavy atom. The van der Waals surface area contributed by atoms with E-state index >= 15 is 0 Å². The molecule has 1 unspecified atom stereocenters. The number of carbonyl (C=O) groups is 1. The zero-order valence-electron chi connectivity index (χ0n) is 9.35. The van der Waals surface area contributed by atoms with Crippen molar-refractivity contribution in [3.63, 3.8) is 0 Å². The Labute approximate surface area is 99.9 Å². The van der Waals surface area contributed by atoms with Gasteiger partial charge in [0.05, 0.1) is 5.60 Å². The third kappa shape index (κ3) is 2.52. The van der Waals surface area contributed by atoms with E-state index in [1.165, 1.54) is 0 Å². The molecule has 0 radical (unpaired) electrons. The van der Waals surface area contributed by atoms with Crippen LogP contribution in [0.2, 0.25) is 0 Å². The lowest BCUT2D eigenvalue weighted by Gasteiger charge is -2.44. The Hall–Kier alpha value is -0.260. The quantitative estimate of drug-likeness (QED) is 0.762. The lowest BCUT2D eigenvalue weighted by Crippen LogP contribution is -2.49. The number of aliphatic carboxylic acids is 1. The van der Waals surface area contributed by atoms with Crippen LogP contribution in [-0.2, 0) is 9.53 Å². The number of carboxylic acid groups (broad SMARTS) is 1. The fourth-order valence-corrected chi connectivity index (χ4v) is 3.90. The van der Waals surface area contributed by atoms with Gasteiger partial charge in [0.1, 0.15) is 6.04 Å².